The first-order valence-corrected chi connectivity index (χ1v) is 10.8. The number of fused-ring (bicyclic) bond motifs is 1. The second kappa shape index (κ2) is 8.39. The summed E-state index contributed by atoms with van der Waals surface area (Å²) in [5, 5.41) is 2.76. The van der Waals surface area contributed by atoms with Crippen LogP contribution in [0.3, 0.4) is 0 Å². The molecule has 0 saturated heterocycles. The minimum Gasteiger partial charge on any atom is -0.468 e. The average Bonchev–Trinajstić information content (AvgIpc) is 3.42. The fourth-order valence-corrected chi connectivity index (χ4v) is 4.36. The van der Waals surface area contributed by atoms with Crippen LogP contribution in [0.1, 0.15) is 21.7 Å². The van der Waals surface area contributed by atoms with E-state index in [1.54, 1.807) is 24.3 Å². The molecule has 8 nitrogen and oxygen atoms in total. The monoisotopic (exact) mass is 448 g/mol. The van der Waals surface area contributed by atoms with Crippen molar-refractivity contribution in [1.82, 2.24) is 10.0 Å². The van der Waals surface area contributed by atoms with Crippen molar-refractivity contribution in [3.05, 3.63) is 76.7 Å². The highest BCUT2D eigenvalue weighted by molar-refractivity contribution is 7.89. The molecule has 0 unspecified atom stereocenters. The quantitative estimate of drug-likeness (QED) is 0.575. The molecule has 0 fully saturated rings. The van der Waals surface area contributed by atoms with E-state index in [0.29, 0.717) is 17.3 Å². The fourth-order valence-electron chi connectivity index (χ4n) is 2.84. The van der Waals surface area contributed by atoms with Gasteiger partial charge in [0.15, 0.2) is 11.5 Å². The molecule has 0 spiro atoms. The lowest BCUT2D eigenvalue weighted by molar-refractivity contribution is 0.0950. The first-order chi connectivity index (χ1) is 14.4. The van der Waals surface area contributed by atoms with Crippen LogP contribution in [-0.4, -0.2) is 21.1 Å². The van der Waals surface area contributed by atoms with Crippen molar-refractivity contribution in [3.8, 4) is 11.5 Å². The average molecular weight is 449 g/mol. The third-order valence-corrected chi connectivity index (χ3v) is 6.27. The van der Waals surface area contributed by atoms with Gasteiger partial charge in [-0.2, -0.15) is 0 Å². The number of carbonyl (C=O) groups excluding carboxylic acids is 1. The van der Waals surface area contributed by atoms with Crippen LogP contribution in [0.2, 0.25) is 5.02 Å². The van der Waals surface area contributed by atoms with Gasteiger partial charge in [0, 0.05) is 12.1 Å². The van der Waals surface area contributed by atoms with Gasteiger partial charge in [-0.15, -0.1) is 0 Å². The molecule has 30 heavy (non-hydrogen) atoms. The van der Waals surface area contributed by atoms with Crippen LogP contribution in [0.25, 0.3) is 0 Å². The Morgan fingerprint density at radius 2 is 1.87 bits per heavy atom. The SMILES string of the molecule is O=C(NCc1ccc2c(c1)OCO2)c1ccc(Cl)c(S(=O)(=O)NCc2ccco2)c1. The van der Waals surface area contributed by atoms with Crippen molar-refractivity contribution in [1.29, 1.82) is 0 Å². The first kappa shape index (κ1) is 20.3. The number of furan rings is 1. The molecule has 3 aromatic rings. The maximum atomic E-state index is 12.6. The molecule has 0 aliphatic carbocycles. The number of halogens is 1. The number of hydrogen-bond donors (Lipinski definition) is 2. The molecule has 10 heteroatoms. The fraction of sp³-hybridized carbons (Fsp3) is 0.150. The molecule has 0 atom stereocenters. The summed E-state index contributed by atoms with van der Waals surface area (Å²) >= 11 is 6.07. The molecule has 0 saturated carbocycles. The lowest BCUT2D eigenvalue weighted by Gasteiger charge is -2.10. The van der Waals surface area contributed by atoms with Crippen LogP contribution < -0.4 is 19.5 Å². The Labute approximate surface area is 177 Å². The van der Waals surface area contributed by atoms with Gasteiger partial charge >= 0.3 is 0 Å². The molecular formula is C20H17ClN2O6S. The Kier molecular flexibility index (Phi) is 5.67. The van der Waals surface area contributed by atoms with E-state index in [0.717, 1.165) is 5.56 Å². The van der Waals surface area contributed by atoms with Gasteiger partial charge in [-0.3, -0.25) is 4.79 Å². The molecule has 0 bridgehead atoms. The molecule has 1 amide bonds. The molecule has 2 heterocycles. The van der Waals surface area contributed by atoms with Gasteiger partial charge in [-0.25, -0.2) is 13.1 Å². The van der Waals surface area contributed by atoms with E-state index in [1.165, 1.54) is 24.5 Å². The lowest BCUT2D eigenvalue weighted by atomic mass is 10.1. The smallest absolute Gasteiger partial charge is 0.251 e. The normalized spacial score (nSPS) is 12.7. The predicted octanol–water partition coefficient (Wildman–Crippen LogP) is 3.07. The summed E-state index contributed by atoms with van der Waals surface area (Å²) < 4.78 is 43.3. The molecule has 1 aliphatic rings. The van der Waals surface area contributed by atoms with Crippen LogP contribution in [0.4, 0.5) is 0 Å². The molecule has 2 aromatic carbocycles. The van der Waals surface area contributed by atoms with Crippen molar-refractivity contribution >= 4 is 27.5 Å². The van der Waals surface area contributed by atoms with Crippen LogP contribution in [0, 0.1) is 0 Å². The van der Waals surface area contributed by atoms with Gasteiger partial charge in [0.2, 0.25) is 16.8 Å². The maximum Gasteiger partial charge on any atom is 0.251 e. The highest BCUT2D eigenvalue weighted by atomic mass is 35.5. The van der Waals surface area contributed by atoms with E-state index in [4.69, 9.17) is 25.5 Å². The zero-order valence-corrected chi connectivity index (χ0v) is 17.1. The minimum atomic E-state index is -3.95. The van der Waals surface area contributed by atoms with Crippen LogP contribution in [-0.2, 0) is 23.1 Å². The Bertz CT molecular complexity index is 1180. The van der Waals surface area contributed by atoms with E-state index >= 15 is 0 Å². The van der Waals surface area contributed by atoms with E-state index in [2.05, 4.69) is 10.0 Å². The zero-order chi connectivity index (χ0) is 21.1. The maximum absolute atomic E-state index is 12.6. The van der Waals surface area contributed by atoms with Gasteiger partial charge in [-0.05, 0) is 48.0 Å². The first-order valence-electron chi connectivity index (χ1n) is 8.91. The second-order valence-corrected chi connectivity index (χ2v) is 8.56. The van der Waals surface area contributed by atoms with Crippen molar-refractivity contribution in [2.24, 2.45) is 0 Å². The number of ether oxygens (including phenoxy) is 2. The summed E-state index contributed by atoms with van der Waals surface area (Å²) in [6, 6.07) is 12.7. The number of nitrogens with one attached hydrogen (secondary N) is 2. The summed E-state index contributed by atoms with van der Waals surface area (Å²) in [5.41, 5.74) is 0.980. The molecule has 1 aliphatic heterocycles. The summed E-state index contributed by atoms with van der Waals surface area (Å²) in [6.45, 7) is 0.365. The van der Waals surface area contributed by atoms with E-state index in [1.807, 2.05) is 6.07 Å². The molecule has 0 radical (unpaired) electrons. The Morgan fingerprint density at radius 1 is 1.03 bits per heavy atom. The Hall–Kier alpha value is -3.01. The van der Waals surface area contributed by atoms with Crippen LogP contribution in [0.5, 0.6) is 11.5 Å². The third-order valence-electron chi connectivity index (χ3n) is 4.39. The van der Waals surface area contributed by atoms with Gasteiger partial charge in [0.1, 0.15) is 10.7 Å². The van der Waals surface area contributed by atoms with Crippen molar-refractivity contribution in [3.63, 3.8) is 0 Å². The van der Waals surface area contributed by atoms with E-state index in [-0.39, 0.29) is 35.4 Å². The number of carbonyl (C=O) groups is 1. The van der Waals surface area contributed by atoms with Gasteiger partial charge in [0.25, 0.3) is 5.91 Å². The van der Waals surface area contributed by atoms with Crippen LogP contribution >= 0.6 is 11.6 Å². The van der Waals surface area contributed by atoms with E-state index < -0.39 is 15.9 Å². The molecule has 4 rings (SSSR count). The molecule has 1 aromatic heterocycles. The number of benzene rings is 2. The predicted molar refractivity (Wildman–Crippen MR) is 108 cm³/mol. The summed E-state index contributed by atoms with van der Waals surface area (Å²) in [6.07, 6.45) is 1.45. The topological polar surface area (TPSA) is 107 Å². The standard InChI is InChI=1S/C20H17ClN2O6S/c21-16-5-4-14(9-19(16)30(25,26)23-11-15-2-1-7-27-15)20(24)22-10-13-3-6-17-18(8-13)29-12-28-17/h1-9,23H,10-12H2,(H,22,24). The summed E-state index contributed by atoms with van der Waals surface area (Å²) in [7, 11) is -3.95. The highest BCUT2D eigenvalue weighted by Gasteiger charge is 2.21. The summed E-state index contributed by atoms with van der Waals surface area (Å²) in [5.74, 6) is 1.28. The minimum absolute atomic E-state index is 0.00858. The van der Waals surface area contributed by atoms with E-state index in [9.17, 15) is 13.2 Å². The molecular weight excluding hydrogens is 432 g/mol. The largest absolute Gasteiger partial charge is 0.468 e. The number of hydrogen-bond acceptors (Lipinski definition) is 6. The Balaban J connectivity index is 1.45. The highest BCUT2D eigenvalue weighted by Crippen LogP contribution is 2.32. The number of rotatable bonds is 7. The number of amides is 1. The lowest BCUT2D eigenvalue weighted by Crippen LogP contribution is -2.25. The molecule has 2 N–H and O–H groups in total. The Morgan fingerprint density at radius 3 is 2.67 bits per heavy atom. The van der Waals surface area contributed by atoms with Gasteiger partial charge in [-0.1, -0.05) is 17.7 Å². The van der Waals surface area contributed by atoms with Gasteiger partial charge in [0.05, 0.1) is 17.8 Å². The van der Waals surface area contributed by atoms with Gasteiger partial charge < -0.3 is 19.2 Å². The third kappa shape index (κ3) is 4.43. The van der Waals surface area contributed by atoms with Crippen LogP contribution in [0.15, 0.2) is 64.1 Å². The van der Waals surface area contributed by atoms with Crippen molar-refractivity contribution in [2.75, 3.05) is 6.79 Å². The number of sulfonamides is 1. The van der Waals surface area contributed by atoms with Crippen molar-refractivity contribution < 1.29 is 27.1 Å². The summed E-state index contributed by atoms with van der Waals surface area (Å²) in [4.78, 5) is 12.4. The zero-order valence-electron chi connectivity index (χ0n) is 15.6. The van der Waals surface area contributed by atoms with Crippen molar-refractivity contribution in [2.45, 2.75) is 18.0 Å². The molecule has 156 valence electrons. The second-order valence-electron chi connectivity index (χ2n) is 6.42.